The highest BCUT2D eigenvalue weighted by Crippen LogP contribution is 2.23. The molecule has 0 saturated carbocycles. The van der Waals surface area contributed by atoms with E-state index in [0.717, 1.165) is 11.1 Å². The maximum Gasteiger partial charge on any atom is 0.261 e. The Hall–Kier alpha value is -3.15. The van der Waals surface area contributed by atoms with Crippen LogP contribution in [0.5, 0.6) is 5.75 Å². The first-order valence-corrected chi connectivity index (χ1v) is 9.06. The highest BCUT2D eigenvalue weighted by Gasteiger charge is 2.09. The lowest BCUT2D eigenvalue weighted by molar-refractivity contribution is -0.116. The number of fused-ring (bicyclic) bond motifs is 1. The van der Waals surface area contributed by atoms with Crippen molar-refractivity contribution in [2.45, 2.75) is 33.2 Å². The number of anilines is 1. The Morgan fingerprint density at radius 2 is 2.00 bits per heavy atom. The molecule has 6 heteroatoms. The number of amides is 1. The van der Waals surface area contributed by atoms with Crippen LogP contribution in [0.4, 0.5) is 5.69 Å². The average Bonchev–Trinajstić information content (AvgIpc) is 2.66. The van der Waals surface area contributed by atoms with E-state index in [9.17, 15) is 9.59 Å². The average molecular weight is 365 g/mol. The molecule has 1 amide bonds. The number of hydrogen-bond acceptors (Lipinski definition) is 4. The predicted octanol–water partition coefficient (Wildman–Crippen LogP) is 3.52. The van der Waals surface area contributed by atoms with Gasteiger partial charge in [0, 0.05) is 13.0 Å². The summed E-state index contributed by atoms with van der Waals surface area (Å²) in [5.74, 6) is 0.540. The maximum atomic E-state index is 12.6. The quantitative estimate of drug-likeness (QED) is 0.695. The number of ether oxygens (including phenoxy) is 1. The van der Waals surface area contributed by atoms with Crippen LogP contribution in [-0.4, -0.2) is 22.1 Å². The van der Waals surface area contributed by atoms with E-state index in [-0.39, 0.29) is 11.5 Å². The molecule has 6 nitrogen and oxygen atoms in total. The van der Waals surface area contributed by atoms with Gasteiger partial charge in [-0.1, -0.05) is 24.3 Å². The van der Waals surface area contributed by atoms with Crippen molar-refractivity contribution in [2.24, 2.45) is 0 Å². The molecule has 2 aromatic carbocycles. The summed E-state index contributed by atoms with van der Waals surface area (Å²) >= 11 is 0. The van der Waals surface area contributed by atoms with Gasteiger partial charge in [-0.2, -0.15) is 0 Å². The summed E-state index contributed by atoms with van der Waals surface area (Å²) < 4.78 is 7.07. The lowest BCUT2D eigenvalue weighted by Gasteiger charge is -2.11. The van der Waals surface area contributed by atoms with Gasteiger partial charge in [0.2, 0.25) is 5.91 Å². The van der Waals surface area contributed by atoms with Crippen molar-refractivity contribution >= 4 is 22.5 Å². The van der Waals surface area contributed by atoms with Gasteiger partial charge in [0.15, 0.2) is 0 Å². The number of rotatable bonds is 7. The number of nitrogens with zero attached hydrogens (tertiary/aromatic N) is 2. The molecule has 3 aromatic rings. The third-order valence-electron chi connectivity index (χ3n) is 4.32. The van der Waals surface area contributed by atoms with E-state index >= 15 is 0 Å². The molecule has 0 aliphatic rings. The van der Waals surface area contributed by atoms with Crippen molar-refractivity contribution in [3.8, 4) is 5.75 Å². The van der Waals surface area contributed by atoms with Crippen LogP contribution in [0.1, 0.15) is 25.3 Å². The first-order chi connectivity index (χ1) is 13.1. The number of aryl methyl sites for hydroxylation is 2. The monoisotopic (exact) mass is 365 g/mol. The molecule has 1 heterocycles. The van der Waals surface area contributed by atoms with Crippen LogP contribution < -0.4 is 15.6 Å². The lowest BCUT2D eigenvalue weighted by atomic mass is 10.1. The number of benzene rings is 2. The smallest absolute Gasteiger partial charge is 0.261 e. The van der Waals surface area contributed by atoms with Crippen molar-refractivity contribution < 1.29 is 9.53 Å². The molecule has 0 radical (unpaired) electrons. The van der Waals surface area contributed by atoms with Gasteiger partial charge in [-0.15, -0.1) is 0 Å². The van der Waals surface area contributed by atoms with Crippen LogP contribution in [0.15, 0.2) is 53.6 Å². The molecule has 140 valence electrons. The van der Waals surface area contributed by atoms with Crippen LogP contribution in [0.25, 0.3) is 10.9 Å². The van der Waals surface area contributed by atoms with Crippen LogP contribution in [0.3, 0.4) is 0 Å². The van der Waals surface area contributed by atoms with Gasteiger partial charge in [-0.25, -0.2) is 4.98 Å². The fourth-order valence-electron chi connectivity index (χ4n) is 2.97. The minimum atomic E-state index is -0.111. The Labute approximate surface area is 157 Å². The van der Waals surface area contributed by atoms with Gasteiger partial charge in [0.25, 0.3) is 5.56 Å². The molecular weight excluding hydrogens is 342 g/mol. The van der Waals surface area contributed by atoms with E-state index in [1.165, 1.54) is 0 Å². The van der Waals surface area contributed by atoms with Gasteiger partial charge >= 0.3 is 0 Å². The second kappa shape index (κ2) is 8.49. The molecule has 0 fully saturated rings. The maximum absolute atomic E-state index is 12.6. The van der Waals surface area contributed by atoms with E-state index in [2.05, 4.69) is 10.3 Å². The van der Waals surface area contributed by atoms with E-state index in [4.69, 9.17) is 4.74 Å². The van der Waals surface area contributed by atoms with Crippen LogP contribution in [0, 0.1) is 6.92 Å². The number of para-hydroxylation sites is 3. The lowest BCUT2D eigenvalue weighted by Crippen LogP contribution is -2.22. The normalized spacial score (nSPS) is 10.7. The second-order valence-electron chi connectivity index (χ2n) is 6.30. The minimum Gasteiger partial charge on any atom is -0.492 e. The SMILES string of the molecule is CCOc1ccccc1NC(=O)CCCn1cnc2c(C)cccc2c1=O. The molecule has 0 unspecified atom stereocenters. The highest BCUT2D eigenvalue weighted by atomic mass is 16.5. The summed E-state index contributed by atoms with van der Waals surface area (Å²) in [5, 5.41) is 3.47. The molecular formula is C21H23N3O3. The number of nitrogens with one attached hydrogen (secondary N) is 1. The standard InChI is InChI=1S/C21H23N3O3/c1-3-27-18-11-5-4-10-17(18)23-19(25)12-7-13-24-14-22-20-15(2)8-6-9-16(20)21(24)26/h4-6,8-11,14H,3,7,12-13H2,1-2H3,(H,23,25). The Morgan fingerprint density at radius 1 is 1.19 bits per heavy atom. The van der Waals surface area contributed by atoms with Crippen molar-refractivity contribution in [3.63, 3.8) is 0 Å². The van der Waals surface area contributed by atoms with Gasteiger partial charge in [0.05, 0.1) is 29.5 Å². The van der Waals surface area contributed by atoms with E-state index in [1.54, 1.807) is 17.0 Å². The summed E-state index contributed by atoms with van der Waals surface area (Å²) in [4.78, 5) is 29.2. The Bertz CT molecular complexity index is 1010. The summed E-state index contributed by atoms with van der Waals surface area (Å²) in [6.45, 7) is 4.81. The zero-order valence-corrected chi connectivity index (χ0v) is 15.6. The fraction of sp³-hybridized carbons (Fsp3) is 0.286. The van der Waals surface area contributed by atoms with Crippen molar-refractivity contribution in [2.75, 3.05) is 11.9 Å². The predicted molar refractivity (Wildman–Crippen MR) is 106 cm³/mol. The third-order valence-corrected chi connectivity index (χ3v) is 4.32. The summed E-state index contributed by atoms with van der Waals surface area (Å²) in [6.07, 6.45) is 2.40. The highest BCUT2D eigenvalue weighted by molar-refractivity contribution is 5.92. The zero-order valence-electron chi connectivity index (χ0n) is 15.6. The molecule has 3 rings (SSSR count). The van der Waals surface area contributed by atoms with Crippen molar-refractivity contribution in [1.29, 1.82) is 0 Å². The zero-order chi connectivity index (χ0) is 19.2. The second-order valence-corrected chi connectivity index (χ2v) is 6.30. The number of carbonyl (C=O) groups excluding carboxylic acids is 1. The summed E-state index contributed by atoms with van der Waals surface area (Å²) in [7, 11) is 0. The first-order valence-electron chi connectivity index (χ1n) is 9.06. The molecule has 0 saturated heterocycles. The Balaban J connectivity index is 1.62. The van der Waals surface area contributed by atoms with Crippen LogP contribution >= 0.6 is 0 Å². The van der Waals surface area contributed by atoms with Crippen LogP contribution in [-0.2, 0) is 11.3 Å². The molecule has 27 heavy (non-hydrogen) atoms. The third kappa shape index (κ3) is 4.34. The van der Waals surface area contributed by atoms with Gasteiger partial charge in [-0.3, -0.25) is 14.2 Å². The molecule has 0 spiro atoms. The number of hydrogen-bond donors (Lipinski definition) is 1. The Kier molecular flexibility index (Phi) is 5.86. The molecule has 0 bridgehead atoms. The molecule has 1 N–H and O–H groups in total. The molecule has 0 atom stereocenters. The molecule has 1 aromatic heterocycles. The van der Waals surface area contributed by atoms with Crippen molar-refractivity contribution in [3.05, 3.63) is 64.7 Å². The van der Waals surface area contributed by atoms with Gasteiger partial charge in [-0.05, 0) is 44.0 Å². The number of carbonyl (C=O) groups is 1. The Morgan fingerprint density at radius 3 is 2.81 bits per heavy atom. The molecule has 0 aliphatic carbocycles. The van der Waals surface area contributed by atoms with Crippen LogP contribution in [0.2, 0.25) is 0 Å². The first kappa shape index (κ1) is 18.6. The summed E-state index contributed by atoms with van der Waals surface area (Å²) in [5.41, 5.74) is 2.28. The number of aromatic nitrogens is 2. The largest absolute Gasteiger partial charge is 0.492 e. The molecule has 0 aliphatic heterocycles. The fourth-order valence-corrected chi connectivity index (χ4v) is 2.97. The van der Waals surface area contributed by atoms with Gasteiger partial charge in [0.1, 0.15) is 5.75 Å². The minimum absolute atomic E-state index is 0.0780. The van der Waals surface area contributed by atoms with Gasteiger partial charge < -0.3 is 10.1 Å². The topological polar surface area (TPSA) is 73.2 Å². The van der Waals surface area contributed by atoms with E-state index in [1.807, 2.05) is 50.2 Å². The van der Waals surface area contributed by atoms with Crippen molar-refractivity contribution in [1.82, 2.24) is 9.55 Å². The van der Waals surface area contributed by atoms with E-state index in [0.29, 0.717) is 42.8 Å². The van der Waals surface area contributed by atoms with E-state index < -0.39 is 0 Å². The summed E-state index contributed by atoms with van der Waals surface area (Å²) in [6, 6.07) is 12.9.